The number of hydrogen-bond donors (Lipinski definition) is 1. The lowest BCUT2D eigenvalue weighted by Crippen LogP contribution is -2.36. The first-order valence-electron chi connectivity index (χ1n) is 10.9. The van der Waals surface area contributed by atoms with Crippen molar-refractivity contribution in [3.63, 3.8) is 0 Å². The van der Waals surface area contributed by atoms with Crippen molar-refractivity contribution in [2.45, 2.75) is 32.4 Å². The largest absolute Gasteiger partial charge is 0.350 e. The summed E-state index contributed by atoms with van der Waals surface area (Å²) < 4.78 is 2.16. The highest BCUT2D eigenvalue weighted by Crippen LogP contribution is 2.13. The van der Waals surface area contributed by atoms with Crippen LogP contribution in [0.25, 0.3) is 5.69 Å². The first-order valence-corrected chi connectivity index (χ1v) is 11.8. The van der Waals surface area contributed by atoms with Crippen molar-refractivity contribution < 1.29 is 4.79 Å². The molecule has 4 nitrogen and oxygen atoms in total. The maximum atomic E-state index is 13.2. The van der Waals surface area contributed by atoms with E-state index in [1.165, 1.54) is 5.69 Å². The molecule has 3 aromatic carbocycles. The van der Waals surface area contributed by atoms with Gasteiger partial charge >= 0.3 is 0 Å². The van der Waals surface area contributed by atoms with Gasteiger partial charge in [-0.3, -0.25) is 9.36 Å². The molecule has 0 fully saturated rings. The molecule has 0 aliphatic heterocycles. The van der Waals surface area contributed by atoms with Crippen LogP contribution in [-0.4, -0.2) is 16.5 Å². The highest BCUT2D eigenvalue weighted by atomic mass is 32.1. The second kappa shape index (κ2) is 10.7. The summed E-state index contributed by atoms with van der Waals surface area (Å²) in [5.74, 6) is -0.0660. The van der Waals surface area contributed by atoms with E-state index in [-0.39, 0.29) is 5.91 Å². The third-order valence-corrected chi connectivity index (χ3v) is 6.19. The number of aryl methyl sites for hydroxylation is 1. The van der Waals surface area contributed by atoms with Crippen molar-refractivity contribution in [1.29, 1.82) is 0 Å². The summed E-state index contributed by atoms with van der Waals surface area (Å²) in [6.07, 6.45) is 1.44. The predicted octanol–water partition coefficient (Wildman–Crippen LogP) is 4.93. The number of nitrogens with zero attached hydrogens (tertiary/aromatic N) is 2. The van der Waals surface area contributed by atoms with Crippen molar-refractivity contribution in [3.8, 4) is 5.69 Å². The van der Waals surface area contributed by atoms with Gasteiger partial charge in [0.1, 0.15) is 6.04 Å². The second-order valence-corrected chi connectivity index (χ2v) is 8.41. The Morgan fingerprint density at radius 3 is 2.12 bits per heavy atom. The average molecular weight is 442 g/mol. The minimum Gasteiger partial charge on any atom is -0.350 e. The molecular formula is C27H27N3OS. The normalized spacial score (nSPS) is 12.5. The van der Waals surface area contributed by atoms with E-state index in [9.17, 15) is 4.79 Å². The van der Waals surface area contributed by atoms with Crippen molar-refractivity contribution in [1.82, 2.24) is 9.88 Å². The van der Waals surface area contributed by atoms with Crippen molar-refractivity contribution in [2.24, 2.45) is 4.99 Å². The number of nitrogens with one attached hydrogen (secondary N) is 1. The van der Waals surface area contributed by atoms with Crippen LogP contribution in [0.5, 0.6) is 0 Å². The molecule has 1 atom stereocenters. The summed E-state index contributed by atoms with van der Waals surface area (Å²) >= 11 is 1.58. The molecule has 0 saturated carbocycles. The number of hydrogen-bond acceptors (Lipinski definition) is 3. The van der Waals surface area contributed by atoms with E-state index >= 15 is 0 Å². The fourth-order valence-electron chi connectivity index (χ4n) is 3.60. The number of para-hydroxylation sites is 1. The lowest BCUT2D eigenvalue weighted by Gasteiger charge is -2.14. The van der Waals surface area contributed by atoms with Crippen LogP contribution in [0.2, 0.25) is 0 Å². The van der Waals surface area contributed by atoms with Crippen LogP contribution < -0.4 is 10.1 Å². The fourth-order valence-corrected chi connectivity index (χ4v) is 4.63. The lowest BCUT2D eigenvalue weighted by molar-refractivity contribution is -0.122. The highest BCUT2D eigenvalue weighted by molar-refractivity contribution is 7.07. The van der Waals surface area contributed by atoms with E-state index in [0.717, 1.165) is 28.0 Å². The molecule has 4 aromatic rings. The molecule has 0 aliphatic rings. The van der Waals surface area contributed by atoms with E-state index in [1.54, 1.807) is 11.3 Å². The summed E-state index contributed by atoms with van der Waals surface area (Å²) in [6, 6.07) is 29.7. The average Bonchev–Trinajstić information content (AvgIpc) is 3.26. The zero-order valence-electron chi connectivity index (χ0n) is 18.1. The van der Waals surface area contributed by atoms with Crippen LogP contribution >= 0.6 is 11.3 Å². The molecular weight excluding hydrogens is 414 g/mol. The van der Waals surface area contributed by atoms with E-state index in [4.69, 9.17) is 4.99 Å². The molecule has 1 amide bonds. The van der Waals surface area contributed by atoms with Crippen molar-refractivity contribution in [3.05, 3.63) is 118 Å². The molecule has 0 spiro atoms. The minimum atomic E-state index is -0.514. The number of amides is 1. The zero-order valence-corrected chi connectivity index (χ0v) is 19.0. The maximum Gasteiger partial charge on any atom is 0.245 e. The number of carbonyl (C=O) groups is 1. The van der Waals surface area contributed by atoms with Gasteiger partial charge in [0.2, 0.25) is 5.91 Å². The quantitative estimate of drug-likeness (QED) is 0.414. The van der Waals surface area contributed by atoms with E-state index in [2.05, 4.69) is 34.3 Å². The Morgan fingerprint density at radius 2 is 1.50 bits per heavy atom. The first kappa shape index (κ1) is 21.8. The van der Waals surface area contributed by atoms with E-state index < -0.39 is 6.04 Å². The van der Waals surface area contributed by atoms with Crippen LogP contribution in [0, 0.1) is 0 Å². The highest BCUT2D eigenvalue weighted by Gasteiger charge is 2.19. The van der Waals surface area contributed by atoms with Gasteiger partial charge in [-0.05, 0) is 29.7 Å². The summed E-state index contributed by atoms with van der Waals surface area (Å²) in [7, 11) is 0. The van der Waals surface area contributed by atoms with Crippen LogP contribution in [0.1, 0.15) is 23.7 Å². The van der Waals surface area contributed by atoms with Gasteiger partial charge in [0.05, 0.1) is 0 Å². The Balaban J connectivity index is 1.68. The van der Waals surface area contributed by atoms with Gasteiger partial charge < -0.3 is 5.32 Å². The summed E-state index contributed by atoms with van der Waals surface area (Å²) in [6.45, 7) is 2.63. The topological polar surface area (TPSA) is 46.4 Å². The number of carbonyl (C=O) groups excluding carboxylic acids is 1. The van der Waals surface area contributed by atoms with Crippen molar-refractivity contribution >= 4 is 17.2 Å². The third-order valence-electron chi connectivity index (χ3n) is 5.31. The Hall–Kier alpha value is -3.44. The van der Waals surface area contributed by atoms with Gasteiger partial charge in [0, 0.05) is 29.7 Å². The Bertz CT molecular complexity index is 1200. The summed E-state index contributed by atoms with van der Waals surface area (Å²) in [5, 5.41) is 5.21. The van der Waals surface area contributed by atoms with Crippen LogP contribution in [0.3, 0.4) is 0 Å². The molecule has 0 unspecified atom stereocenters. The lowest BCUT2D eigenvalue weighted by atomic mass is 10.1. The van der Waals surface area contributed by atoms with Crippen molar-refractivity contribution in [2.75, 3.05) is 0 Å². The SMILES string of the molecule is CCc1csc(=N[C@@H](Cc2ccccc2)C(=O)NCc2ccccc2)n1-c1ccccc1. The molecule has 4 rings (SSSR count). The number of benzene rings is 3. The standard InChI is InChI=1S/C27H27N3OS/c1-2-23-20-32-27(30(23)24-16-10-5-11-17-24)29-25(18-21-12-6-3-7-13-21)26(31)28-19-22-14-8-4-9-15-22/h3-17,20,25H,2,18-19H2,1H3,(H,28,31)/t25-/m0/s1. The minimum absolute atomic E-state index is 0.0660. The van der Waals surface area contributed by atoms with E-state index in [1.807, 2.05) is 78.9 Å². The number of aromatic nitrogens is 1. The molecule has 32 heavy (non-hydrogen) atoms. The smallest absolute Gasteiger partial charge is 0.245 e. The van der Waals surface area contributed by atoms with Gasteiger partial charge in [0.15, 0.2) is 4.80 Å². The van der Waals surface area contributed by atoms with Gasteiger partial charge in [-0.15, -0.1) is 11.3 Å². The van der Waals surface area contributed by atoms with Gasteiger partial charge in [-0.25, -0.2) is 4.99 Å². The van der Waals surface area contributed by atoms with E-state index in [0.29, 0.717) is 13.0 Å². The fraction of sp³-hybridized carbons (Fsp3) is 0.185. The Morgan fingerprint density at radius 1 is 0.906 bits per heavy atom. The van der Waals surface area contributed by atoms with Gasteiger partial charge in [-0.2, -0.15) is 0 Å². The molecule has 1 heterocycles. The summed E-state index contributed by atoms with van der Waals surface area (Å²) in [5.41, 5.74) is 4.41. The van der Waals surface area contributed by atoms with Crippen LogP contribution in [0.15, 0.2) is 101 Å². The zero-order chi connectivity index (χ0) is 22.2. The molecule has 0 radical (unpaired) electrons. The van der Waals surface area contributed by atoms with Crippen LogP contribution in [-0.2, 0) is 24.2 Å². The molecule has 0 bridgehead atoms. The molecule has 1 aromatic heterocycles. The van der Waals surface area contributed by atoms with Gasteiger partial charge in [-0.1, -0.05) is 85.8 Å². The maximum absolute atomic E-state index is 13.2. The molecule has 1 N–H and O–H groups in total. The number of rotatable bonds is 8. The molecule has 0 saturated heterocycles. The monoisotopic (exact) mass is 441 g/mol. The molecule has 5 heteroatoms. The number of thiazole rings is 1. The van der Waals surface area contributed by atoms with Gasteiger partial charge in [0.25, 0.3) is 0 Å². The van der Waals surface area contributed by atoms with Crippen LogP contribution in [0.4, 0.5) is 0 Å². The first-order chi connectivity index (χ1) is 15.7. The molecule has 0 aliphatic carbocycles. The molecule has 162 valence electrons. The predicted molar refractivity (Wildman–Crippen MR) is 131 cm³/mol. The second-order valence-electron chi connectivity index (χ2n) is 7.57. The Labute approximate surface area is 192 Å². The third kappa shape index (κ3) is 5.42. The Kier molecular flexibility index (Phi) is 7.31. The summed E-state index contributed by atoms with van der Waals surface area (Å²) in [4.78, 5) is 19.1.